The van der Waals surface area contributed by atoms with Crippen LogP contribution < -0.4 is 5.32 Å². The van der Waals surface area contributed by atoms with E-state index >= 15 is 0 Å². The Balaban J connectivity index is 1.91. The van der Waals surface area contributed by atoms with E-state index in [4.69, 9.17) is 4.74 Å². The van der Waals surface area contributed by atoms with Gasteiger partial charge in [0.1, 0.15) is 5.82 Å². The first-order valence-corrected chi connectivity index (χ1v) is 8.41. The summed E-state index contributed by atoms with van der Waals surface area (Å²) in [6.07, 6.45) is 0. The van der Waals surface area contributed by atoms with Crippen LogP contribution in [-0.4, -0.2) is 36.9 Å². The zero-order valence-electron chi connectivity index (χ0n) is 15.0. The summed E-state index contributed by atoms with van der Waals surface area (Å²) in [6.45, 7) is 2.98. The molecule has 2 aromatic rings. The van der Waals surface area contributed by atoms with Crippen LogP contribution >= 0.6 is 0 Å². The fraction of sp³-hybridized carbons (Fsp3) is 0.300. The maximum Gasteiger partial charge on any atom is 0.254 e. The van der Waals surface area contributed by atoms with Crippen LogP contribution in [0.2, 0.25) is 0 Å². The number of halogens is 1. The molecule has 0 unspecified atom stereocenters. The van der Waals surface area contributed by atoms with Crippen LogP contribution in [0.5, 0.6) is 0 Å². The molecule has 0 aliphatic rings. The Labute approximate surface area is 152 Å². The molecule has 0 aromatic heterocycles. The highest BCUT2D eigenvalue weighted by molar-refractivity contribution is 5.96. The molecule has 6 heteroatoms. The first-order valence-electron chi connectivity index (χ1n) is 8.41. The van der Waals surface area contributed by atoms with Crippen LogP contribution in [0.3, 0.4) is 0 Å². The second-order valence-electron chi connectivity index (χ2n) is 5.85. The first kappa shape index (κ1) is 19.6. The zero-order chi connectivity index (χ0) is 18.9. The highest BCUT2D eigenvalue weighted by Gasteiger charge is 2.17. The number of carbonyl (C=O) groups is 2. The Kier molecular flexibility index (Phi) is 7.29. The molecule has 138 valence electrons. The number of hydrogen-bond donors (Lipinski definition) is 1. The van der Waals surface area contributed by atoms with Gasteiger partial charge in [-0.1, -0.05) is 24.3 Å². The van der Waals surface area contributed by atoms with Gasteiger partial charge in [-0.05, 0) is 42.3 Å². The van der Waals surface area contributed by atoms with Gasteiger partial charge in [-0.25, -0.2) is 4.39 Å². The lowest BCUT2D eigenvalue weighted by Crippen LogP contribution is -2.40. The number of hydrogen-bond acceptors (Lipinski definition) is 3. The van der Waals surface area contributed by atoms with E-state index in [9.17, 15) is 14.0 Å². The molecule has 2 amide bonds. The normalized spacial score (nSPS) is 10.4. The topological polar surface area (TPSA) is 58.6 Å². The van der Waals surface area contributed by atoms with Gasteiger partial charge in [-0.3, -0.25) is 9.59 Å². The molecule has 0 aliphatic carbocycles. The minimum absolute atomic E-state index is 0.0314. The Bertz CT molecular complexity index is 730. The van der Waals surface area contributed by atoms with E-state index in [2.05, 4.69) is 5.32 Å². The van der Waals surface area contributed by atoms with Crippen LogP contribution in [-0.2, 0) is 22.7 Å². The second-order valence-corrected chi connectivity index (χ2v) is 5.85. The standard InChI is InChI=1S/C20H23FN2O3/c1-3-23(20(25)17-8-4-16(5-9-17)14-26-2)13-19(24)22-12-15-6-10-18(21)11-7-15/h4-11H,3,12-14H2,1-2H3,(H,22,24). The molecule has 0 radical (unpaired) electrons. The molecular weight excluding hydrogens is 335 g/mol. The lowest BCUT2D eigenvalue weighted by Gasteiger charge is -2.20. The predicted molar refractivity (Wildman–Crippen MR) is 97.0 cm³/mol. The number of benzene rings is 2. The Morgan fingerprint density at radius 3 is 2.23 bits per heavy atom. The molecule has 0 saturated carbocycles. The summed E-state index contributed by atoms with van der Waals surface area (Å²) in [5, 5.41) is 2.74. The highest BCUT2D eigenvalue weighted by Crippen LogP contribution is 2.09. The number of rotatable bonds is 8. The third-order valence-electron chi connectivity index (χ3n) is 3.92. The zero-order valence-corrected chi connectivity index (χ0v) is 15.0. The monoisotopic (exact) mass is 358 g/mol. The van der Waals surface area contributed by atoms with Gasteiger partial charge in [0.05, 0.1) is 13.2 Å². The number of ether oxygens (including phenoxy) is 1. The van der Waals surface area contributed by atoms with Crippen molar-refractivity contribution in [3.05, 3.63) is 71.0 Å². The van der Waals surface area contributed by atoms with Crippen molar-refractivity contribution >= 4 is 11.8 Å². The van der Waals surface area contributed by atoms with E-state index in [1.807, 2.05) is 19.1 Å². The highest BCUT2D eigenvalue weighted by atomic mass is 19.1. The van der Waals surface area contributed by atoms with Gasteiger partial charge in [-0.2, -0.15) is 0 Å². The van der Waals surface area contributed by atoms with Crippen LogP contribution in [0, 0.1) is 5.82 Å². The number of nitrogens with one attached hydrogen (secondary N) is 1. The van der Waals surface area contributed by atoms with Crippen molar-refractivity contribution in [1.29, 1.82) is 0 Å². The SMILES string of the molecule is CCN(CC(=O)NCc1ccc(F)cc1)C(=O)c1ccc(COC)cc1. The van der Waals surface area contributed by atoms with Crippen LogP contribution in [0.15, 0.2) is 48.5 Å². The van der Waals surface area contributed by atoms with Gasteiger partial charge >= 0.3 is 0 Å². The maximum absolute atomic E-state index is 12.9. The fourth-order valence-corrected chi connectivity index (χ4v) is 2.45. The Morgan fingerprint density at radius 1 is 1.04 bits per heavy atom. The first-order chi connectivity index (χ1) is 12.5. The molecular formula is C20H23FN2O3. The molecule has 0 spiro atoms. The summed E-state index contributed by atoms with van der Waals surface area (Å²) in [6, 6.07) is 13.0. The predicted octanol–water partition coefficient (Wildman–Crippen LogP) is 2.75. The van der Waals surface area contributed by atoms with Crippen molar-refractivity contribution in [3.8, 4) is 0 Å². The molecule has 0 bridgehead atoms. The summed E-state index contributed by atoms with van der Waals surface area (Å²) >= 11 is 0. The maximum atomic E-state index is 12.9. The van der Waals surface area contributed by atoms with Gasteiger partial charge in [-0.15, -0.1) is 0 Å². The van der Waals surface area contributed by atoms with Gasteiger partial charge in [0.15, 0.2) is 0 Å². The lowest BCUT2D eigenvalue weighted by molar-refractivity contribution is -0.121. The van der Waals surface area contributed by atoms with Crippen molar-refractivity contribution in [3.63, 3.8) is 0 Å². The van der Waals surface area contributed by atoms with Crippen LogP contribution in [0.1, 0.15) is 28.4 Å². The fourth-order valence-electron chi connectivity index (χ4n) is 2.45. The molecule has 5 nitrogen and oxygen atoms in total. The van der Waals surface area contributed by atoms with Crippen LogP contribution in [0.25, 0.3) is 0 Å². The summed E-state index contributed by atoms with van der Waals surface area (Å²) < 4.78 is 17.9. The van der Waals surface area contributed by atoms with Gasteiger partial charge in [0.2, 0.25) is 5.91 Å². The van der Waals surface area contributed by atoms with Crippen molar-refractivity contribution < 1.29 is 18.7 Å². The number of nitrogens with zero attached hydrogens (tertiary/aromatic N) is 1. The summed E-state index contributed by atoms with van der Waals surface area (Å²) in [4.78, 5) is 26.2. The van der Waals surface area contributed by atoms with E-state index in [0.717, 1.165) is 11.1 Å². The van der Waals surface area contributed by atoms with Gasteiger partial charge in [0.25, 0.3) is 5.91 Å². The number of likely N-dealkylation sites (N-methyl/N-ethyl adjacent to an activating group) is 1. The quantitative estimate of drug-likeness (QED) is 0.789. The van der Waals surface area contributed by atoms with E-state index in [-0.39, 0.29) is 30.7 Å². The average molecular weight is 358 g/mol. The van der Waals surface area contributed by atoms with Crippen molar-refractivity contribution in [2.75, 3.05) is 20.2 Å². The molecule has 0 atom stereocenters. The molecule has 0 aliphatic heterocycles. The molecule has 26 heavy (non-hydrogen) atoms. The molecule has 0 fully saturated rings. The molecule has 2 aromatic carbocycles. The van der Waals surface area contributed by atoms with E-state index < -0.39 is 0 Å². The largest absolute Gasteiger partial charge is 0.380 e. The number of carbonyl (C=O) groups excluding carboxylic acids is 2. The smallest absolute Gasteiger partial charge is 0.254 e. The Morgan fingerprint density at radius 2 is 1.65 bits per heavy atom. The second kappa shape index (κ2) is 9.68. The van der Waals surface area contributed by atoms with E-state index in [1.54, 1.807) is 31.4 Å². The van der Waals surface area contributed by atoms with E-state index in [0.29, 0.717) is 18.7 Å². The van der Waals surface area contributed by atoms with Crippen LogP contribution in [0.4, 0.5) is 4.39 Å². The summed E-state index contributed by atoms with van der Waals surface area (Å²) in [7, 11) is 1.61. The van der Waals surface area contributed by atoms with Crippen molar-refractivity contribution in [1.82, 2.24) is 10.2 Å². The minimum atomic E-state index is -0.320. The van der Waals surface area contributed by atoms with Gasteiger partial charge in [0, 0.05) is 25.8 Å². The third kappa shape index (κ3) is 5.67. The minimum Gasteiger partial charge on any atom is -0.380 e. The molecule has 2 rings (SSSR count). The number of methoxy groups -OCH3 is 1. The van der Waals surface area contributed by atoms with Gasteiger partial charge < -0.3 is 15.0 Å². The third-order valence-corrected chi connectivity index (χ3v) is 3.92. The lowest BCUT2D eigenvalue weighted by atomic mass is 10.1. The molecule has 0 heterocycles. The van der Waals surface area contributed by atoms with E-state index in [1.165, 1.54) is 17.0 Å². The summed E-state index contributed by atoms with van der Waals surface area (Å²) in [5.74, 6) is -0.784. The summed E-state index contributed by atoms with van der Waals surface area (Å²) in [5.41, 5.74) is 2.30. The average Bonchev–Trinajstić information content (AvgIpc) is 2.66. The number of amides is 2. The molecule has 1 N–H and O–H groups in total. The van der Waals surface area contributed by atoms with Crippen molar-refractivity contribution in [2.45, 2.75) is 20.1 Å². The van der Waals surface area contributed by atoms with Crippen molar-refractivity contribution in [2.24, 2.45) is 0 Å². The molecule has 0 saturated heterocycles. The Hall–Kier alpha value is -2.73.